The Hall–Kier alpha value is -5.10. The number of aliphatic hydroxyl groups is 1. The Bertz CT molecular complexity index is 1640. The molecule has 0 radical (unpaired) electrons. The Morgan fingerprint density at radius 2 is 1.49 bits per heavy atom. The second-order valence-corrected chi connectivity index (χ2v) is 14.7. The minimum atomic E-state index is -1.77. The van der Waals surface area contributed by atoms with Crippen LogP contribution in [-0.4, -0.2) is 94.0 Å². The number of carboxylic acid groups (broad SMARTS) is 1. The second-order valence-electron chi connectivity index (χ2n) is 14.7. The van der Waals surface area contributed by atoms with Gasteiger partial charge in [0.15, 0.2) is 0 Å². The van der Waals surface area contributed by atoms with Gasteiger partial charge >= 0.3 is 12.2 Å². The lowest BCUT2D eigenvalue weighted by molar-refractivity contribution is -0.134. The normalized spacial score (nSPS) is 15.3. The van der Waals surface area contributed by atoms with Crippen LogP contribution in [0.25, 0.3) is 0 Å². The molecule has 1 heterocycles. The summed E-state index contributed by atoms with van der Waals surface area (Å²) >= 11 is 0. The summed E-state index contributed by atoms with van der Waals surface area (Å²) in [5.74, 6) is -0.235. The summed E-state index contributed by atoms with van der Waals surface area (Å²) in [5, 5.41) is 27.5. The van der Waals surface area contributed by atoms with Crippen LogP contribution in [0.2, 0.25) is 0 Å². The number of likely N-dealkylation sites (tertiary alicyclic amines) is 1. The van der Waals surface area contributed by atoms with E-state index in [0.717, 1.165) is 30.4 Å². The molecule has 0 aliphatic carbocycles. The Labute approximate surface area is 312 Å². The van der Waals surface area contributed by atoms with Crippen LogP contribution >= 0.6 is 0 Å². The van der Waals surface area contributed by atoms with Gasteiger partial charge in [-0.15, -0.1) is 0 Å². The lowest BCUT2D eigenvalue weighted by Crippen LogP contribution is -2.63. The molecular formula is C41H54N4O8. The van der Waals surface area contributed by atoms with Crippen molar-refractivity contribution in [1.82, 2.24) is 20.4 Å². The first-order chi connectivity index (χ1) is 25.3. The lowest BCUT2D eigenvalue weighted by atomic mass is 9.84. The second kappa shape index (κ2) is 19.1. The van der Waals surface area contributed by atoms with Crippen molar-refractivity contribution in [2.24, 2.45) is 0 Å². The molecule has 4 amide bonds. The van der Waals surface area contributed by atoms with Gasteiger partial charge in [-0.2, -0.15) is 0 Å². The average Bonchev–Trinajstić information content (AvgIpc) is 3.13. The van der Waals surface area contributed by atoms with Crippen molar-refractivity contribution in [2.75, 3.05) is 26.7 Å². The first kappa shape index (κ1) is 40.7. The standard InChI is InChI=1S/C41H54N4O8/c1-40(2,3)53-39(51)45(28-32-19-14-20-33(25-32)52-4)29-35(46)34(26-30-15-8-5-9-16-30)42-37(48)41(43-38(49)50,27-31-17-10-6-11-18-31)22-21-36(47)44-23-12-7-13-24-44/h5-6,8-11,14-20,25,34-35,43,46H,7,12-13,21-24,26-29H2,1-4H3,(H,42,48)(H,49,50)/t34-,35+,41-/m0/s1. The van der Waals surface area contributed by atoms with Crippen LogP contribution in [0.3, 0.4) is 0 Å². The molecule has 0 saturated carbocycles. The van der Waals surface area contributed by atoms with Gasteiger partial charge in [0.05, 0.1) is 25.8 Å². The van der Waals surface area contributed by atoms with Gasteiger partial charge in [0, 0.05) is 32.5 Å². The first-order valence-electron chi connectivity index (χ1n) is 18.2. The Balaban J connectivity index is 1.68. The molecule has 3 atom stereocenters. The Morgan fingerprint density at radius 1 is 0.868 bits per heavy atom. The summed E-state index contributed by atoms with van der Waals surface area (Å²) in [6, 6.07) is 24.5. The molecule has 1 aliphatic heterocycles. The molecule has 0 spiro atoms. The molecule has 286 valence electrons. The van der Waals surface area contributed by atoms with E-state index in [4.69, 9.17) is 9.47 Å². The Morgan fingerprint density at radius 3 is 2.09 bits per heavy atom. The third kappa shape index (κ3) is 12.8. The van der Waals surface area contributed by atoms with Gasteiger partial charge in [-0.1, -0.05) is 72.8 Å². The number of hydrogen-bond donors (Lipinski definition) is 4. The number of hydrogen-bond acceptors (Lipinski definition) is 7. The highest BCUT2D eigenvalue weighted by atomic mass is 16.6. The molecule has 12 nitrogen and oxygen atoms in total. The summed E-state index contributed by atoms with van der Waals surface area (Å²) in [6.45, 7) is 6.35. The van der Waals surface area contributed by atoms with Crippen molar-refractivity contribution in [3.05, 3.63) is 102 Å². The predicted molar refractivity (Wildman–Crippen MR) is 201 cm³/mol. The average molecular weight is 731 g/mol. The molecule has 1 fully saturated rings. The Kier molecular flexibility index (Phi) is 14.7. The van der Waals surface area contributed by atoms with E-state index in [-0.39, 0.29) is 44.7 Å². The number of carbonyl (C=O) groups is 4. The van der Waals surface area contributed by atoms with Crippen LogP contribution in [0.4, 0.5) is 9.59 Å². The number of nitrogens with zero attached hydrogens (tertiary/aromatic N) is 2. The highest BCUT2D eigenvalue weighted by molar-refractivity contribution is 5.91. The number of benzene rings is 3. The van der Waals surface area contributed by atoms with Gasteiger partial charge in [0.1, 0.15) is 16.9 Å². The molecule has 53 heavy (non-hydrogen) atoms. The van der Waals surface area contributed by atoms with E-state index in [1.165, 1.54) is 4.90 Å². The summed E-state index contributed by atoms with van der Waals surface area (Å²) in [5.41, 5.74) is -0.363. The topological polar surface area (TPSA) is 158 Å². The third-order valence-electron chi connectivity index (χ3n) is 9.25. The maximum atomic E-state index is 14.7. The van der Waals surface area contributed by atoms with Crippen molar-refractivity contribution in [3.8, 4) is 5.75 Å². The molecule has 0 unspecified atom stereocenters. The van der Waals surface area contributed by atoms with E-state index in [9.17, 15) is 29.4 Å². The summed E-state index contributed by atoms with van der Waals surface area (Å²) in [6.07, 6.45) is -0.612. The van der Waals surface area contributed by atoms with Gasteiger partial charge in [0.25, 0.3) is 0 Å². The smallest absolute Gasteiger partial charge is 0.410 e. The minimum absolute atomic E-state index is 0.0344. The number of amides is 4. The maximum Gasteiger partial charge on any atom is 0.410 e. The van der Waals surface area contributed by atoms with E-state index < -0.39 is 41.4 Å². The van der Waals surface area contributed by atoms with E-state index in [1.807, 2.05) is 42.5 Å². The molecular weight excluding hydrogens is 676 g/mol. The monoisotopic (exact) mass is 730 g/mol. The van der Waals surface area contributed by atoms with Gasteiger partial charge < -0.3 is 40.1 Å². The van der Waals surface area contributed by atoms with E-state index in [1.54, 1.807) is 75.2 Å². The van der Waals surface area contributed by atoms with Crippen LogP contribution in [0.1, 0.15) is 69.6 Å². The van der Waals surface area contributed by atoms with Crippen molar-refractivity contribution >= 4 is 24.0 Å². The number of piperidine rings is 1. The zero-order chi connectivity index (χ0) is 38.4. The van der Waals surface area contributed by atoms with Crippen LogP contribution < -0.4 is 15.4 Å². The largest absolute Gasteiger partial charge is 0.497 e. The minimum Gasteiger partial charge on any atom is -0.497 e. The van der Waals surface area contributed by atoms with Crippen LogP contribution in [0.5, 0.6) is 5.75 Å². The zero-order valence-electron chi connectivity index (χ0n) is 31.3. The van der Waals surface area contributed by atoms with Crippen molar-refractivity contribution < 1.29 is 38.9 Å². The fourth-order valence-electron chi connectivity index (χ4n) is 6.55. The summed E-state index contributed by atoms with van der Waals surface area (Å²) < 4.78 is 11.1. The fourth-order valence-corrected chi connectivity index (χ4v) is 6.55. The molecule has 3 aromatic rings. The molecule has 1 saturated heterocycles. The number of aliphatic hydroxyl groups excluding tert-OH is 1. The number of rotatable bonds is 16. The van der Waals surface area contributed by atoms with E-state index in [2.05, 4.69) is 10.6 Å². The molecule has 12 heteroatoms. The van der Waals surface area contributed by atoms with Gasteiger partial charge in [0.2, 0.25) is 11.8 Å². The molecule has 4 rings (SSSR count). The summed E-state index contributed by atoms with van der Waals surface area (Å²) in [7, 11) is 1.55. The SMILES string of the molecule is COc1cccc(CN(C[C@@H](O)[C@H](Cc2ccccc2)NC(=O)[C@](CCC(=O)N2CCCCC2)(Cc2ccccc2)NC(=O)O)C(=O)OC(C)(C)C)c1. The quantitative estimate of drug-likeness (QED) is 0.149. The molecule has 3 aromatic carbocycles. The van der Waals surface area contributed by atoms with Gasteiger partial charge in [-0.3, -0.25) is 9.59 Å². The number of methoxy groups -OCH3 is 1. The van der Waals surface area contributed by atoms with Crippen molar-refractivity contribution in [2.45, 2.75) is 95.5 Å². The first-order valence-corrected chi connectivity index (χ1v) is 18.2. The molecule has 4 N–H and O–H groups in total. The zero-order valence-corrected chi connectivity index (χ0v) is 31.3. The predicted octanol–water partition coefficient (Wildman–Crippen LogP) is 5.56. The van der Waals surface area contributed by atoms with Crippen LogP contribution in [-0.2, 0) is 33.7 Å². The van der Waals surface area contributed by atoms with Gasteiger partial charge in [-0.05, 0) is 81.7 Å². The third-order valence-corrected chi connectivity index (χ3v) is 9.25. The molecule has 1 aliphatic rings. The van der Waals surface area contributed by atoms with E-state index >= 15 is 0 Å². The van der Waals surface area contributed by atoms with Crippen LogP contribution in [0, 0.1) is 0 Å². The highest BCUT2D eigenvalue weighted by Crippen LogP contribution is 2.24. The maximum absolute atomic E-state index is 14.7. The highest BCUT2D eigenvalue weighted by Gasteiger charge is 2.43. The summed E-state index contributed by atoms with van der Waals surface area (Å²) in [4.78, 5) is 57.2. The van der Waals surface area contributed by atoms with Crippen molar-refractivity contribution in [1.29, 1.82) is 0 Å². The number of ether oxygens (including phenoxy) is 2. The van der Waals surface area contributed by atoms with Crippen molar-refractivity contribution in [3.63, 3.8) is 0 Å². The number of carbonyl (C=O) groups excluding carboxylic acids is 3. The lowest BCUT2D eigenvalue weighted by Gasteiger charge is -2.37. The molecule has 0 aromatic heterocycles. The van der Waals surface area contributed by atoms with Gasteiger partial charge in [-0.25, -0.2) is 9.59 Å². The fraction of sp³-hybridized carbons (Fsp3) is 0.463. The van der Waals surface area contributed by atoms with E-state index in [0.29, 0.717) is 24.4 Å². The number of nitrogens with one attached hydrogen (secondary N) is 2. The molecule has 0 bridgehead atoms. The van der Waals surface area contributed by atoms with Crippen LogP contribution in [0.15, 0.2) is 84.9 Å².